The topological polar surface area (TPSA) is 58.6 Å². The monoisotopic (exact) mass is 486 g/mol. The first-order valence-electron chi connectivity index (χ1n) is 12.4. The van der Waals surface area contributed by atoms with Gasteiger partial charge in [-0.1, -0.05) is 66.2 Å². The molecule has 5 nitrogen and oxygen atoms in total. The van der Waals surface area contributed by atoms with E-state index >= 15 is 0 Å². The Morgan fingerprint density at radius 2 is 1.47 bits per heavy atom. The summed E-state index contributed by atoms with van der Waals surface area (Å²) in [4.78, 5) is 28.9. The summed E-state index contributed by atoms with van der Waals surface area (Å²) in [7, 11) is 0. The minimum atomic E-state index is -0.692. The van der Waals surface area contributed by atoms with Crippen molar-refractivity contribution < 1.29 is 14.3 Å². The standard InChI is InChI=1S/C31H38N2O3/c1-22-11-10-14-26(16-22)20-33(29(34)21-36-27-17-23(2)15-24(3)18-27)28(30(35)32-31(4,5)6)19-25-12-8-7-9-13-25/h7-18,28H,19-21H2,1-6H3,(H,32,35)/t28-/m1/s1. The normalized spacial score (nSPS) is 12.1. The first-order valence-corrected chi connectivity index (χ1v) is 12.4. The zero-order chi connectivity index (χ0) is 26.3. The summed E-state index contributed by atoms with van der Waals surface area (Å²) < 4.78 is 5.93. The third-order valence-corrected chi connectivity index (χ3v) is 5.76. The van der Waals surface area contributed by atoms with E-state index in [1.165, 1.54) is 0 Å². The number of hydrogen-bond donors (Lipinski definition) is 1. The van der Waals surface area contributed by atoms with Crippen molar-refractivity contribution in [2.24, 2.45) is 0 Å². The van der Waals surface area contributed by atoms with Crippen molar-refractivity contribution in [3.05, 3.63) is 101 Å². The third-order valence-electron chi connectivity index (χ3n) is 5.76. The summed E-state index contributed by atoms with van der Waals surface area (Å²) in [6, 6.07) is 23.0. The maximum atomic E-state index is 13.7. The number of nitrogens with one attached hydrogen (secondary N) is 1. The lowest BCUT2D eigenvalue weighted by Gasteiger charge is -2.33. The van der Waals surface area contributed by atoms with Gasteiger partial charge < -0.3 is 15.0 Å². The lowest BCUT2D eigenvalue weighted by atomic mass is 10.0. The van der Waals surface area contributed by atoms with Gasteiger partial charge >= 0.3 is 0 Å². The average Bonchev–Trinajstić information content (AvgIpc) is 2.79. The van der Waals surface area contributed by atoms with Gasteiger partial charge in [-0.15, -0.1) is 0 Å². The molecule has 5 heteroatoms. The van der Waals surface area contributed by atoms with Gasteiger partial charge in [0.15, 0.2) is 6.61 Å². The molecule has 0 fully saturated rings. The van der Waals surface area contributed by atoms with E-state index in [4.69, 9.17) is 4.74 Å². The molecule has 3 aromatic rings. The van der Waals surface area contributed by atoms with Gasteiger partial charge in [0.25, 0.3) is 5.91 Å². The van der Waals surface area contributed by atoms with Crippen LogP contribution in [0.25, 0.3) is 0 Å². The number of rotatable bonds is 9. The zero-order valence-electron chi connectivity index (χ0n) is 22.3. The van der Waals surface area contributed by atoms with Crippen molar-refractivity contribution in [1.82, 2.24) is 10.2 Å². The van der Waals surface area contributed by atoms with Crippen molar-refractivity contribution in [2.75, 3.05) is 6.61 Å². The van der Waals surface area contributed by atoms with E-state index < -0.39 is 11.6 Å². The Kier molecular flexibility index (Phi) is 8.92. The van der Waals surface area contributed by atoms with E-state index in [0.717, 1.165) is 27.8 Å². The maximum Gasteiger partial charge on any atom is 0.261 e. The second-order valence-electron chi connectivity index (χ2n) is 10.6. The number of ether oxygens (including phenoxy) is 1. The SMILES string of the molecule is Cc1cccc(CN(C(=O)COc2cc(C)cc(C)c2)[C@H](Cc2ccccc2)C(=O)NC(C)(C)C)c1. The number of benzene rings is 3. The van der Waals surface area contributed by atoms with E-state index in [1.807, 2.05) is 108 Å². The Hall–Kier alpha value is -3.60. The fourth-order valence-corrected chi connectivity index (χ4v) is 4.26. The lowest BCUT2D eigenvalue weighted by molar-refractivity contribution is -0.143. The van der Waals surface area contributed by atoms with Crippen LogP contribution in [0.3, 0.4) is 0 Å². The fourth-order valence-electron chi connectivity index (χ4n) is 4.26. The van der Waals surface area contributed by atoms with Crippen LogP contribution in [0, 0.1) is 20.8 Å². The Balaban J connectivity index is 1.94. The number of carbonyl (C=O) groups is 2. The molecular weight excluding hydrogens is 448 g/mol. The molecule has 36 heavy (non-hydrogen) atoms. The molecule has 2 amide bonds. The predicted octanol–water partition coefficient (Wildman–Crippen LogP) is 5.55. The highest BCUT2D eigenvalue weighted by molar-refractivity contribution is 5.89. The smallest absolute Gasteiger partial charge is 0.261 e. The van der Waals surface area contributed by atoms with E-state index in [0.29, 0.717) is 18.7 Å². The van der Waals surface area contributed by atoms with Crippen LogP contribution in [-0.4, -0.2) is 34.9 Å². The Labute approximate surface area is 215 Å². The first kappa shape index (κ1) is 27.0. The Bertz CT molecular complexity index is 1160. The average molecular weight is 487 g/mol. The van der Waals surface area contributed by atoms with Gasteiger partial charge in [-0.05, 0) is 75.9 Å². The molecule has 3 rings (SSSR count). The molecule has 0 bridgehead atoms. The summed E-state index contributed by atoms with van der Waals surface area (Å²) in [6.07, 6.45) is 0.407. The minimum Gasteiger partial charge on any atom is -0.484 e. The molecule has 0 radical (unpaired) electrons. The van der Waals surface area contributed by atoms with Gasteiger partial charge in [-0.3, -0.25) is 9.59 Å². The van der Waals surface area contributed by atoms with Crippen LogP contribution in [0.5, 0.6) is 5.75 Å². The Morgan fingerprint density at radius 3 is 2.08 bits per heavy atom. The van der Waals surface area contributed by atoms with Crippen LogP contribution in [0.15, 0.2) is 72.8 Å². The highest BCUT2D eigenvalue weighted by Crippen LogP contribution is 2.19. The number of hydrogen-bond acceptors (Lipinski definition) is 3. The number of amides is 2. The van der Waals surface area contributed by atoms with Gasteiger partial charge in [0.1, 0.15) is 11.8 Å². The van der Waals surface area contributed by atoms with Crippen molar-refractivity contribution in [1.29, 1.82) is 0 Å². The van der Waals surface area contributed by atoms with Gasteiger partial charge in [-0.2, -0.15) is 0 Å². The molecule has 3 aromatic carbocycles. The van der Waals surface area contributed by atoms with E-state index in [1.54, 1.807) is 4.90 Å². The molecule has 0 aliphatic heterocycles. The minimum absolute atomic E-state index is 0.150. The first-order chi connectivity index (χ1) is 17.0. The van der Waals surface area contributed by atoms with Crippen molar-refractivity contribution in [3.63, 3.8) is 0 Å². The number of nitrogens with zero attached hydrogens (tertiary/aromatic N) is 1. The molecule has 0 aromatic heterocycles. The van der Waals surface area contributed by atoms with Gasteiger partial charge in [0, 0.05) is 18.5 Å². The molecule has 0 aliphatic carbocycles. The highest BCUT2D eigenvalue weighted by Gasteiger charge is 2.32. The second kappa shape index (κ2) is 11.9. The summed E-state index contributed by atoms with van der Waals surface area (Å²) in [5.74, 6) is 0.231. The molecule has 0 saturated heterocycles. The molecule has 0 aliphatic rings. The lowest BCUT2D eigenvalue weighted by Crippen LogP contribution is -2.55. The predicted molar refractivity (Wildman–Crippen MR) is 145 cm³/mol. The van der Waals surface area contributed by atoms with E-state index in [2.05, 4.69) is 11.4 Å². The molecule has 0 unspecified atom stereocenters. The molecule has 0 spiro atoms. The molecule has 1 N–H and O–H groups in total. The highest BCUT2D eigenvalue weighted by atomic mass is 16.5. The maximum absolute atomic E-state index is 13.7. The largest absolute Gasteiger partial charge is 0.484 e. The fraction of sp³-hybridized carbons (Fsp3) is 0.355. The molecule has 0 heterocycles. The summed E-state index contributed by atoms with van der Waals surface area (Å²) in [5, 5.41) is 3.09. The van der Waals surface area contributed by atoms with Crippen LogP contribution in [0.1, 0.15) is 48.6 Å². The van der Waals surface area contributed by atoms with Crippen LogP contribution >= 0.6 is 0 Å². The van der Waals surface area contributed by atoms with Gasteiger partial charge in [0.05, 0.1) is 0 Å². The van der Waals surface area contributed by atoms with E-state index in [-0.39, 0.29) is 18.4 Å². The number of aryl methyl sites for hydroxylation is 3. The molecule has 190 valence electrons. The van der Waals surface area contributed by atoms with Gasteiger partial charge in [0.2, 0.25) is 5.91 Å². The van der Waals surface area contributed by atoms with Crippen molar-refractivity contribution in [3.8, 4) is 5.75 Å². The van der Waals surface area contributed by atoms with E-state index in [9.17, 15) is 9.59 Å². The third kappa shape index (κ3) is 8.26. The molecule has 1 atom stereocenters. The second-order valence-corrected chi connectivity index (χ2v) is 10.6. The summed E-state index contributed by atoms with van der Waals surface area (Å²) in [5.41, 5.74) is 4.77. The van der Waals surface area contributed by atoms with Crippen LogP contribution in [-0.2, 0) is 22.6 Å². The zero-order valence-corrected chi connectivity index (χ0v) is 22.3. The van der Waals surface area contributed by atoms with Crippen LogP contribution < -0.4 is 10.1 Å². The quantitative estimate of drug-likeness (QED) is 0.432. The van der Waals surface area contributed by atoms with Gasteiger partial charge in [-0.25, -0.2) is 0 Å². The molecular formula is C31H38N2O3. The summed E-state index contributed by atoms with van der Waals surface area (Å²) >= 11 is 0. The molecule has 0 saturated carbocycles. The summed E-state index contributed by atoms with van der Waals surface area (Å²) in [6.45, 7) is 12.0. The Morgan fingerprint density at radius 1 is 0.833 bits per heavy atom. The van der Waals surface area contributed by atoms with Crippen LogP contribution in [0.4, 0.5) is 0 Å². The van der Waals surface area contributed by atoms with Crippen molar-refractivity contribution >= 4 is 11.8 Å². The number of carbonyl (C=O) groups excluding carboxylic acids is 2. The van der Waals surface area contributed by atoms with Crippen LogP contribution in [0.2, 0.25) is 0 Å². The van der Waals surface area contributed by atoms with Crippen molar-refractivity contribution in [2.45, 2.75) is 66.1 Å².